The van der Waals surface area contributed by atoms with Crippen LogP contribution in [0.4, 0.5) is 0 Å². The van der Waals surface area contributed by atoms with E-state index < -0.39 is 0 Å². The van der Waals surface area contributed by atoms with E-state index >= 15 is 0 Å². The predicted molar refractivity (Wildman–Crippen MR) is 76.0 cm³/mol. The SMILES string of the molecule is CSc1ncc(C(=O)N[C@H]2COc3ccccc32)cn1. The molecule has 2 aromatic rings. The highest BCUT2D eigenvalue weighted by atomic mass is 32.2. The molecule has 0 saturated heterocycles. The normalized spacial score (nSPS) is 16.4. The summed E-state index contributed by atoms with van der Waals surface area (Å²) in [6.07, 6.45) is 4.97. The maximum absolute atomic E-state index is 12.2. The van der Waals surface area contributed by atoms with Gasteiger partial charge in [-0.25, -0.2) is 9.97 Å². The Morgan fingerprint density at radius 2 is 2.10 bits per heavy atom. The smallest absolute Gasteiger partial charge is 0.255 e. The maximum atomic E-state index is 12.2. The quantitative estimate of drug-likeness (QED) is 0.691. The molecule has 0 aliphatic carbocycles. The van der Waals surface area contributed by atoms with Crippen LogP contribution < -0.4 is 10.1 Å². The molecule has 0 fully saturated rings. The number of thioether (sulfide) groups is 1. The molecule has 0 radical (unpaired) electrons. The summed E-state index contributed by atoms with van der Waals surface area (Å²) >= 11 is 1.44. The number of rotatable bonds is 3. The molecular weight excluding hydrogens is 274 g/mol. The van der Waals surface area contributed by atoms with Crippen molar-refractivity contribution in [3.8, 4) is 5.75 Å². The van der Waals surface area contributed by atoms with Crippen LogP contribution in [0, 0.1) is 0 Å². The molecule has 3 rings (SSSR count). The van der Waals surface area contributed by atoms with Gasteiger partial charge in [-0.05, 0) is 12.3 Å². The Bertz CT molecular complexity index is 631. The van der Waals surface area contributed by atoms with E-state index in [0.29, 0.717) is 17.3 Å². The van der Waals surface area contributed by atoms with Crippen LogP contribution in [0.5, 0.6) is 5.75 Å². The van der Waals surface area contributed by atoms with Gasteiger partial charge in [-0.1, -0.05) is 30.0 Å². The molecule has 0 bridgehead atoms. The lowest BCUT2D eigenvalue weighted by Gasteiger charge is -2.11. The number of amides is 1. The molecule has 6 heteroatoms. The first-order valence-corrected chi connectivity index (χ1v) is 7.39. The summed E-state index contributed by atoms with van der Waals surface area (Å²) in [5.74, 6) is 0.634. The highest BCUT2D eigenvalue weighted by Gasteiger charge is 2.25. The van der Waals surface area contributed by atoms with Crippen LogP contribution >= 0.6 is 11.8 Å². The number of hydrogen-bond donors (Lipinski definition) is 1. The Morgan fingerprint density at radius 1 is 1.35 bits per heavy atom. The number of nitrogens with zero attached hydrogens (tertiary/aromatic N) is 2. The number of aromatic nitrogens is 2. The predicted octanol–water partition coefficient (Wildman–Crippen LogP) is 2.06. The average Bonchev–Trinajstić information content (AvgIpc) is 2.91. The first-order chi connectivity index (χ1) is 9.78. The molecule has 5 nitrogen and oxygen atoms in total. The number of para-hydroxylation sites is 1. The molecule has 1 aliphatic rings. The van der Waals surface area contributed by atoms with E-state index in [9.17, 15) is 4.79 Å². The van der Waals surface area contributed by atoms with Gasteiger partial charge in [-0.2, -0.15) is 0 Å². The molecule has 0 saturated carbocycles. The van der Waals surface area contributed by atoms with Crippen LogP contribution in [0.1, 0.15) is 22.0 Å². The monoisotopic (exact) mass is 287 g/mol. The minimum atomic E-state index is -0.192. The second-order valence-corrected chi connectivity index (χ2v) is 5.11. The summed E-state index contributed by atoms with van der Waals surface area (Å²) in [6.45, 7) is 0.453. The first kappa shape index (κ1) is 12.9. The summed E-state index contributed by atoms with van der Waals surface area (Å²) in [5, 5.41) is 3.59. The Morgan fingerprint density at radius 3 is 2.85 bits per heavy atom. The Balaban J connectivity index is 1.73. The van der Waals surface area contributed by atoms with E-state index in [1.807, 2.05) is 30.5 Å². The highest BCUT2D eigenvalue weighted by Crippen LogP contribution is 2.31. The van der Waals surface area contributed by atoms with E-state index in [-0.39, 0.29) is 11.9 Å². The van der Waals surface area contributed by atoms with Gasteiger partial charge < -0.3 is 10.1 Å². The third-order valence-corrected chi connectivity index (χ3v) is 3.65. The van der Waals surface area contributed by atoms with E-state index in [2.05, 4.69) is 15.3 Å². The van der Waals surface area contributed by atoms with Crippen molar-refractivity contribution in [2.75, 3.05) is 12.9 Å². The summed E-state index contributed by atoms with van der Waals surface area (Å²) < 4.78 is 5.54. The van der Waals surface area contributed by atoms with Crippen LogP contribution in [-0.4, -0.2) is 28.7 Å². The van der Waals surface area contributed by atoms with Gasteiger partial charge in [-0.15, -0.1) is 0 Å². The molecule has 1 amide bonds. The summed E-state index contributed by atoms with van der Waals surface area (Å²) in [6, 6.07) is 7.58. The molecule has 1 aliphatic heterocycles. The van der Waals surface area contributed by atoms with Crippen LogP contribution in [0.25, 0.3) is 0 Å². The molecule has 0 spiro atoms. The lowest BCUT2D eigenvalue weighted by molar-refractivity contribution is 0.0929. The molecular formula is C14H13N3O2S. The first-order valence-electron chi connectivity index (χ1n) is 6.16. The molecule has 1 aromatic heterocycles. The second kappa shape index (κ2) is 5.50. The highest BCUT2D eigenvalue weighted by molar-refractivity contribution is 7.98. The van der Waals surface area contributed by atoms with Crippen molar-refractivity contribution in [3.63, 3.8) is 0 Å². The van der Waals surface area contributed by atoms with E-state index in [1.165, 1.54) is 24.2 Å². The van der Waals surface area contributed by atoms with Crippen molar-refractivity contribution < 1.29 is 9.53 Å². The van der Waals surface area contributed by atoms with Gasteiger partial charge in [0.25, 0.3) is 5.91 Å². The summed E-state index contributed by atoms with van der Waals surface area (Å²) in [4.78, 5) is 20.4. The third-order valence-electron chi connectivity index (χ3n) is 3.08. The minimum Gasteiger partial charge on any atom is -0.491 e. The Kier molecular flexibility index (Phi) is 3.56. The third kappa shape index (κ3) is 2.46. The topological polar surface area (TPSA) is 64.1 Å². The zero-order chi connectivity index (χ0) is 13.9. The fourth-order valence-electron chi connectivity index (χ4n) is 2.06. The standard InChI is InChI=1S/C14H13N3O2S/c1-20-14-15-6-9(7-16-14)13(18)17-11-8-19-12-5-3-2-4-10(11)12/h2-7,11H,8H2,1H3,(H,17,18)/t11-/m0/s1. The van der Waals surface area contributed by atoms with Crippen molar-refractivity contribution in [2.45, 2.75) is 11.2 Å². The van der Waals surface area contributed by atoms with Gasteiger partial charge >= 0.3 is 0 Å². The molecule has 1 N–H and O–H groups in total. The number of ether oxygens (including phenoxy) is 1. The molecule has 20 heavy (non-hydrogen) atoms. The molecule has 1 atom stereocenters. The maximum Gasteiger partial charge on any atom is 0.255 e. The number of benzene rings is 1. The van der Waals surface area contributed by atoms with Gasteiger partial charge in [0, 0.05) is 18.0 Å². The number of carbonyl (C=O) groups is 1. The van der Waals surface area contributed by atoms with Crippen LogP contribution in [0.3, 0.4) is 0 Å². The molecule has 0 unspecified atom stereocenters. The molecule has 1 aromatic carbocycles. The molecule has 2 heterocycles. The zero-order valence-electron chi connectivity index (χ0n) is 10.9. The van der Waals surface area contributed by atoms with Gasteiger partial charge in [0.05, 0.1) is 11.6 Å². The minimum absolute atomic E-state index is 0.126. The van der Waals surface area contributed by atoms with E-state index in [0.717, 1.165) is 11.3 Å². The fourth-order valence-corrected chi connectivity index (χ4v) is 2.38. The van der Waals surface area contributed by atoms with Gasteiger partial charge in [-0.3, -0.25) is 4.79 Å². The van der Waals surface area contributed by atoms with Crippen LogP contribution in [-0.2, 0) is 0 Å². The van der Waals surface area contributed by atoms with Gasteiger partial charge in [0.2, 0.25) is 0 Å². The van der Waals surface area contributed by atoms with Crippen molar-refractivity contribution in [1.82, 2.24) is 15.3 Å². The van der Waals surface area contributed by atoms with Crippen molar-refractivity contribution >= 4 is 17.7 Å². The fraction of sp³-hybridized carbons (Fsp3) is 0.214. The number of carbonyl (C=O) groups excluding carboxylic acids is 1. The zero-order valence-corrected chi connectivity index (χ0v) is 11.7. The summed E-state index contributed by atoms with van der Waals surface area (Å²) in [5.41, 5.74) is 1.45. The van der Waals surface area contributed by atoms with Crippen LogP contribution in [0.15, 0.2) is 41.8 Å². The van der Waals surface area contributed by atoms with Gasteiger partial charge in [0.15, 0.2) is 5.16 Å². The largest absolute Gasteiger partial charge is 0.491 e. The number of nitrogens with one attached hydrogen (secondary N) is 1. The Hall–Kier alpha value is -2.08. The van der Waals surface area contributed by atoms with E-state index in [4.69, 9.17) is 4.74 Å². The summed E-state index contributed by atoms with van der Waals surface area (Å²) in [7, 11) is 0. The van der Waals surface area contributed by atoms with Crippen molar-refractivity contribution in [2.24, 2.45) is 0 Å². The average molecular weight is 287 g/mol. The van der Waals surface area contributed by atoms with Crippen molar-refractivity contribution in [1.29, 1.82) is 0 Å². The van der Waals surface area contributed by atoms with Gasteiger partial charge in [0.1, 0.15) is 12.4 Å². The molecule has 102 valence electrons. The van der Waals surface area contributed by atoms with Crippen LogP contribution in [0.2, 0.25) is 0 Å². The van der Waals surface area contributed by atoms with E-state index in [1.54, 1.807) is 0 Å². The number of fused-ring (bicyclic) bond motifs is 1. The number of hydrogen-bond acceptors (Lipinski definition) is 5. The van der Waals surface area contributed by atoms with Crippen molar-refractivity contribution in [3.05, 3.63) is 47.8 Å². The lowest BCUT2D eigenvalue weighted by Crippen LogP contribution is -2.29. The second-order valence-electron chi connectivity index (χ2n) is 4.33. The Labute approximate surface area is 120 Å². The lowest BCUT2D eigenvalue weighted by atomic mass is 10.1.